The third-order valence-electron chi connectivity index (χ3n) is 22.2. The lowest BCUT2D eigenvalue weighted by Crippen LogP contribution is -2.69. The van der Waals surface area contributed by atoms with Gasteiger partial charge in [0.25, 0.3) is 0 Å². The lowest BCUT2D eigenvalue weighted by molar-refractivity contribution is -0.407. The van der Waals surface area contributed by atoms with Crippen molar-refractivity contribution < 1.29 is 149 Å². The van der Waals surface area contributed by atoms with Crippen LogP contribution in [0.15, 0.2) is 0 Å². The van der Waals surface area contributed by atoms with Crippen LogP contribution in [0.25, 0.3) is 0 Å². The Kier molecular flexibility index (Phi) is 21.5. The summed E-state index contributed by atoms with van der Waals surface area (Å²) in [5, 5.41) is 205. The molecule has 6 saturated heterocycles. The third kappa shape index (κ3) is 12.6. The van der Waals surface area contributed by atoms with E-state index < -0.39 is 205 Å². The van der Waals surface area contributed by atoms with Crippen molar-refractivity contribution in [1.29, 1.82) is 0 Å². The molecule has 6 aliphatic heterocycles. The Labute approximate surface area is 502 Å². The number of ether oxygens (including phenoxy) is 11. The number of rotatable bonds is 19. The van der Waals surface area contributed by atoms with Crippen molar-refractivity contribution >= 4 is 0 Å². The second-order valence-corrected chi connectivity index (χ2v) is 27.2. The van der Waals surface area contributed by atoms with Crippen LogP contribution in [-0.4, -0.2) is 314 Å². The van der Waals surface area contributed by atoms with Crippen LogP contribution in [0.2, 0.25) is 0 Å². The van der Waals surface area contributed by atoms with Crippen LogP contribution in [0.4, 0.5) is 0 Å². The van der Waals surface area contributed by atoms with Gasteiger partial charge in [0.15, 0.2) is 37.2 Å². The second-order valence-electron chi connectivity index (χ2n) is 27.2. The van der Waals surface area contributed by atoms with E-state index in [1.807, 2.05) is 6.92 Å². The van der Waals surface area contributed by atoms with Gasteiger partial charge in [0.1, 0.15) is 122 Å². The lowest BCUT2D eigenvalue weighted by Gasteiger charge is -2.62. The Hall–Kier alpha value is -1.20. The maximum atomic E-state index is 12.2. The summed E-state index contributed by atoms with van der Waals surface area (Å²) in [6, 6.07) is 0. The van der Waals surface area contributed by atoms with Gasteiger partial charge in [-0.2, -0.15) is 0 Å². The minimum Gasteiger partial charge on any atom is -0.394 e. The average molecular weight is 1260 g/mol. The van der Waals surface area contributed by atoms with Gasteiger partial charge in [-0.3, -0.25) is 0 Å². The summed E-state index contributed by atoms with van der Waals surface area (Å²) in [5.74, 6) is -0.710. The van der Waals surface area contributed by atoms with Crippen molar-refractivity contribution in [3.8, 4) is 0 Å². The molecule has 504 valence electrons. The SMILES string of the molecule is CC(CC[C@@]1(O)O[C@H]2CC3C4CCC5C[C@@H](O[C@@H]6O[C@H](CO)[C@H](O[C@@H]7O[C@H](CO)[C@@H](O)[C@H](O[C@@H]8O[C@H](CO)[C@@H](O)[C@H](O)[C@H]8O)[C@H]7O[C@@H]7O[C@H](CO)[C@@H](O)[C@H](O)[C@H]7O)[C@H](O)[C@H]6O)[C@H](O)C[C@]5(C)C4CC[C@]3(C)[C@H]2[C@@H]1C)CO[C@@H]1O[C@H](CO)[C@@H](O)[C@H](O)[C@H]1O. The average Bonchev–Trinajstić information content (AvgIpc) is 1.60. The van der Waals surface area contributed by atoms with Gasteiger partial charge in [0, 0.05) is 12.3 Å². The van der Waals surface area contributed by atoms with Gasteiger partial charge >= 0.3 is 0 Å². The minimum absolute atomic E-state index is 0.0665. The van der Waals surface area contributed by atoms with Crippen LogP contribution in [0.3, 0.4) is 0 Å². The fourth-order valence-electron chi connectivity index (χ4n) is 17.2. The van der Waals surface area contributed by atoms with Gasteiger partial charge in [0.05, 0.1) is 58.0 Å². The summed E-state index contributed by atoms with van der Waals surface area (Å²) in [6.07, 6.45) is -40.6. The fraction of sp³-hybridized carbons (Fsp3) is 1.00. The monoisotopic (exact) mass is 1260 g/mol. The standard InChI is InChI=1S/C57H96O30/c1-20(19-77-50-43(72)39(68)35(64)29(14-58)79-50)7-10-57(76)21(2)34-28(87-57)12-25-23-6-5-22-11-27(26(63)13-56(22,4)24(23)8-9-55(25,34)3)78-51-46(75)42(71)47(33(18-62)83-51)84-54-49(86-53-45(74)41(70)37(66)31(16-60)81-53)48(38(67)32(17-61)82-54)85-52-44(73)40(69)36(65)30(15-59)80-52/h20-54,58-76H,5-19H2,1-4H3/t20?,21-,22?,23?,24?,25?,26+,27+,28-,29+,30+,31+,32+,33+,34-,35+,36+,37+,38+,39-,40-,41-,42+,43+,44+,45+,46+,47-,48-,49+,50+,51+,52-,53-,54-,55-,56-,57+/m0/s1. The molecule has 38 atom stereocenters. The smallest absolute Gasteiger partial charge is 0.187 e. The van der Waals surface area contributed by atoms with Crippen LogP contribution in [0.5, 0.6) is 0 Å². The molecule has 0 aromatic rings. The van der Waals surface area contributed by atoms with E-state index in [9.17, 15) is 97.0 Å². The first-order valence-electron chi connectivity index (χ1n) is 31.0. The lowest BCUT2D eigenvalue weighted by atomic mass is 9.44. The van der Waals surface area contributed by atoms with E-state index in [0.29, 0.717) is 37.5 Å². The van der Waals surface area contributed by atoms with E-state index in [2.05, 4.69) is 20.8 Å². The summed E-state index contributed by atoms with van der Waals surface area (Å²) in [7, 11) is 0. The van der Waals surface area contributed by atoms with Gasteiger partial charge in [-0.25, -0.2) is 0 Å². The largest absolute Gasteiger partial charge is 0.394 e. The number of hydrogen-bond donors (Lipinski definition) is 19. The van der Waals surface area contributed by atoms with Crippen molar-refractivity contribution in [2.45, 2.75) is 263 Å². The molecule has 30 heteroatoms. The Balaban J connectivity index is 0.777. The molecule has 30 nitrogen and oxygen atoms in total. The molecular weight excluding hydrogens is 1160 g/mol. The Bertz CT molecular complexity index is 2220. The molecule has 0 aromatic heterocycles. The molecule has 10 fully saturated rings. The van der Waals surface area contributed by atoms with Crippen molar-refractivity contribution in [1.82, 2.24) is 0 Å². The Morgan fingerprint density at radius 3 is 1.54 bits per heavy atom. The van der Waals surface area contributed by atoms with Crippen molar-refractivity contribution in [2.24, 2.45) is 52.3 Å². The highest BCUT2D eigenvalue weighted by Crippen LogP contribution is 2.71. The van der Waals surface area contributed by atoms with Crippen LogP contribution in [-0.2, 0) is 52.1 Å². The zero-order valence-electron chi connectivity index (χ0n) is 49.3. The van der Waals surface area contributed by atoms with Gasteiger partial charge in [-0.1, -0.05) is 27.7 Å². The fourth-order valence-corrected chi connectivity index (χ4v) is 17.2. The zero-order chi connectivity index (χ0) is 63.1. The van der Waals surface area contributed by atoms with Gasteiger partial charge in [-0.15, -0.1) is 0 Å². The molecule has 6 heterocycles. The highest BCUT2D eigenvalue weighted by molar-refractivity contribution is 5.16. The predicted octanol–water partition coefficient (Wildman–Crippen LogP) is -7.16. The van der Waals surface area contributed by atoms with Gasteiger partial charge in [-0.05, 0) is 97.7 Å². The Morgan fingerprint density at radius 2 is 0.966 bits per heavy atom. The summed E-state index contributed by atoms with van der Waals surface area (Å²) in [5.41, 5.74) is -0.457. The summed E-state index contributed by atoms with van der Waals surface area (Å²) >= 11 is 0. The summed E-state index contributed by atoms with van der Waals surface area (Å²) < 4.78 is 65.7. The summed E-state index contributed by atoms with van der Waals surface area (Å²) in [6.45, 7) is 4.45. The summed E-state index contributed by atoms with van der Waals surface area (Å²) in [4.78, 5) is 0. The van der Waals surface area contributed by atoms with Gasteiger partial charge < -0.3 is 149 Å². The molecule has 0 aromatic carbocycles. The van der Waals surface area contributed by atoms with Gasteiger partial charge in [0.2, 0.25) is 0 Å². The van der Waals surface area contributed by atoms with Crippen molar-refractivity contribution in [3.63, 3.8) is 0 Å². The first-order chi connectivity index (χ1) is 41.2. The Morgan fingerprint density at radius 1 is 0.483 bits per heavy atom. The number of hydrogen-bond acceptors (Lipinski definition) is 30. The van der Waals surface area contributed by atoms with E-state index in [0.717, 1.165) is 32.1 Å². The molecule has 0 amide bonds. The van der Waals surface area contributed by atoms with E-state index in [4.69, 9.17) is 52.1 Å². The molecule has 10 aliphatic rings. The predicted molar refractivity (Wildman–Crippen MR) is 286 cm³/mol. The van der Waals surface area contributed by atoms with E-state index in [-0.39, 0.29) is 53.1 Å². The second kappa shape index (κ2) is 27.3. The highest BCUT2D eigenvalue weighted by atomic mass is 16.8. The first-order valence-corrected chi connectivity index (χ1v) is 31.0. The molecule has 4 saturated carbocycles. The molecular formula is C57H96O30. The number of aliphatic hydroxyl groups excluding tert-OH is 18. The molecule has 0 radical (unpaired) electrons. The van der Waals surface area contributed by atoms with E-state index in [1.165, 1.54) is 0 Å². The van der Waals surface area contributed by atoms with Crippen LogP contribution >= 0.6 is 0 Å². The maximum absolute atomic E-state index is 12.2. The quantitative estimate of drug-likeness (QED) is 0.0534. The normalized spacial score (nSPS) is 55.6. The zero-order valence-corrected chi connectivity index (χ0v) is 49.3. The number of aliphatic hydroxyl groups is 19. The maximum Gasteiger partial charge on any atom is 0.187 e. The van der Waals surface area contributed by atoms with Crippen molar-refractivity contribution in [3.05, 3.63) is 0 Å². The molecule has 5 unspecified atom stereocenters. The molecule has 10 rings (SSSR count). The van der Waals surface area contributed by atoms with Crippen LogP contribution in [0, 0.1) is 52.3 Å². The molecule has 87 heavy (non-hydrogen) atoms. The topological polar surface area (TPSA) is 486 Å². The highest BCUT2D eigenvalue weighted by Gasteiger charge is 2.69. The van der Waals surface area contributed by atoms with Crippen molar-refractivity contribution in [2.75, 3.05) is 39.6 Å². The van der Waals surface area contributed by atoms with E-state index in [1.54, 1.807) is 0 Å². The first kappa shape index (κ1) is 68.7. The van der Waals surface area contributed by atoms with E-state index >= 15 is 0 Å². The third-order valence-corrected chi connectivity index (χ3v) is 22.2. The minimum atomic E-state index is -2.09. The molecule has 0 spiro atoms. The molecule has 4 aliphatic carbocycles. The van der Waals surface area contributed by atoms with Crippen LogP contribution in [0.1, 0.15) is 85.5 Å². The van der Waals surface area contributed by atoms with Crippen LogP contribution < -0.4 is 0 Å². The number of fused-ring (bicyclic) bond motifs is 7. The molecule has 0 bridgehead atoms. The molecule has 19 N–H and O–H groups in total.